The molecule has 21 heavy (non-hydrogen) atoms. The molecule has 4 heteroatoms. The van der Waals surface area contributed by atoms with Crippen LogP contribution in [0.4, 0.5) is 5.69 Å². The van der Waals surface area contributed by atoms with Crippen LogP contribution in [0.25, 0.3) is 0 Å². The predicted molar refractivity (Wildman–Crippen MR) is 88.8 cm³/mol. The number of hydrogen-bond acceptors (Lipinski definition) is 3. The molecule has 1 N–H and O–H groups in total. The van der Waals surface area contributed by atoms with Crippen molar-refractivity contribution in [1.29, 1.82) is 0 Å². The summed E-state index contributed by atoms with van der Waals surface area (Å²) in [6.07, 6.45) is 5.00. The topological polar surface area (TPSA) is 30.5 Å². The van der Waals surface area contributed by atoms with E-state index in [0.29, 0.717) is 16.8 Å². The van der Waals surface area contributed by atoms with Crippen molar-refractivity contribution in [2.45, 2.75) is 45.6 Å². The number of nitrogens with one attached hydrogen (secondary N) is 1. The minimum atomic E-state index is 0.500. The first-order chi connectivity index (χ1) is 10.0. The molecule has 1 saturated carbocycles. The van der Waals surface area contributed by atoms with Gasteiger partial charge < -0.3 is 14.8 Å². The molecule has 0 radical (unpaired) electrons. The molecule has 1 aliphatic carbocycles. The third-order valence-electron chi connectivity index (χ3n) is 4.55. The van der Waals surface area contributed by atoms with Crippen LogP contribution in [0.1, 0.15) is 39.5 Å². The maximum atomic E-state index is 6.14. The Morgan fingerprint density at radius 2 is 1.67 bits per heavy atom. The molecule has 0 spiro atoms. The van der Waals surface area contributed by atoms with Gasteiger partial charge in [0.05, 0.1) is 24.9 Å². The highest BCUT2D eigenvalue weighted by atomic mass is 35.5. The van der Waals surface area contributed by atoms with Crippen LogP contribution < -0.4 is 14.8 Å². The molecular weight excluding hydrogens is 286 g/mol. The molecule has 0 atom stereocenters. The maximum Gasteiger partial charge on any atom is 0.143 e. The van der Waals surface area contributed by atoms with Gasteiger partial charge in [0.25, 0.3) is 0 Å². The Kier molecular flexibility index (Phi) is 5.63. The van der Waals surface area contributed by atoms with Crippen LogP contribution in [0.3, 0.4) is 0 Å². The minimum absolute atomic E-state index is 0.500. The number of halogens is 1. The first-order valence-corrected chi connectivity index (χ1v) is 8.11. The monoisotopic (exact) mass is 311 g/mol. The number of ether oxygens (including phenoxy) is 2. The van der Waals surface area contributed by atoms with Crippen molar-refractivity contribution in [3.63, 3.8) is 0 Å². The molecule has 1 aliphatic rings. The van der Waals surface area contributed by atoms with Gasteiger partial charge in [-0.15, -0.1) is 0 Å². The third-order valence-corrected chi connectivity index (χ3v) is 4.84. The maximum absolute atomic E-state index is 6.14. The number of hydrogen-bond donors (Lipinski definition) is 1. The lowest BCUT2D eigenvalue weighted by Crippen LogP contribution is -2.28. The van der Waals surface area contributed by atoms with E-state index in [-0.39, 0.29) is 0 Å². The summed E-state index contributed by atoms with van der Waals surface area (Å²) in [4.78, 5) is 0. The van der Waals surface area contributed by atoms with Crippen molar-refractivity contribution in [2.24, 2.45) is 11.8 Å². The predicted octanol–water partition coefficient (Wildman–Crippen LogP) is 4.98. The first kappa shape index (κ1) is 16.3. The summed E-state index contributed by atoms with van der Waals surface area (Å²) in [6, 6.07) is 4.23. The van der Waals surface area contributed by atoms with E-state index in [4.69, 9.17) is 21.1 Å². The fraction of sp³-hybridized carbons (Fsp3) is 0.647. The lowest BCUT2D eigenvalue weighted by molar-refractivity contribution is 0.266. The van der Waals surface area contributed by atoms with E-state index in [9.17, 15) is 0 Å². The highest BCUT2D eigenvalue weighted by Gasteiger charge is 2.24. The van der Waals surface area contributed by atoms with Crippen LogP contribution in [0, 0.1) is 11.8 Å². The Hall–Kier alpha value is -1.09. The molecular formula is C17H26ClNO2. The summed E-state index contributed by atoms with van der Waals surface area (Å²) in [6.45, 7) is 4.65. The van der Waals surface area contributed by atoms with Gasteiger partial charge in [0.2, 0.25) is 0 Å². The van der Waals surface area contributed by atoms with Crippen LogP contribution in [0.5, 0.6) is 11.5 Å². The zero-order chi connectivity index (χ0) is 15.4. The largest absolute Gasteiger partial charge is 0.495 e. The van der Waals surface area contributed by atoms with E-state index in [2.05, 4.69) is 19.2 Å². The summed E-state index contributed by atoms with van der Waals surface area (Å²) >= 11 is 6.14. The zero-order valence-electron chi connectivity index (χ0n) is 13.4. The quantitative estimate of drug-likeness (QED) is 0.831. The molecule has 0 unspecified atom stereocenters. The second-order valence-corrected chi connectivity index (χ2v) is 6.59. The van der Waals surface area contributed by atoms with E-state index in [1.165, 1.54) is 25.7 Å². The van der Waals surface area contributed by atoms with Gasteiger partial charge in [-0.2, -0.15) is 0 Å². The molecule has 0 amide bonds. The van der Waals surface area contributed by atoms with Crippen LogP contribution in [-0.4, -0.2) is 20.3 Å². The normalized spacial score (nSPS) is 22.2. The molecule has 1 fully saturated rings. The van der Waals surface area contributed by atoms with Gasteiger partial charge in [-0.1, -0.05) is 25.4 Å². The molecule has 2 rings (SSSR count). The van der Waals surface area contributed by atoms with Gasteiger partial charge in [-0.25, -0.2) is 0 Å². The fourth-order valence-electron chi connectivity index (χ4n) is 3.12. The lowest BCUT2D eigenvalue weighted by Gasteiger charge is -2.32. The van der Waals surface area contributed by atoms with Gasteiger partial charge in [0.15, 0.2) is 0 Å². The van der Waals surface area contributed by atoms with E-state index in [1.54, 1.807) is 14.2 Å². The van der Waals surface area contributed by atoms with Gasteiger partial charge >= 0.3 is 0 Å². The summed E-state index contributed by atoms with van der Waals surface area (Å²) in [5.74, 6) is 3.10. The lowest BCUT2D eigenvalue weighted by atomic mass is 9.79. The Balaban J connectivity index is 2.06. The smallest absolute Gasteiger partial charge is 0.143 e. The molecule has 3 nitrogen and oxygen atoms in total. The Morgan fingerprint density at radius 3 is 2.19 bits per heavy atom. The average molecular weight is 312 g/mol. The Bertz CT molecular complexity index is 468. The van der Waals surface area contributed by atoms with Crippen molar-refractivity contribution in [3.8, 4) is 11.5 Å². The average Bonchev–Trinajstić information content (AvgIpc) is 2.49. The van der Waals surface area contributed by atoms with Crippen LogP contribution in [0.15, 0.2) is 12.1 Å². The minimum Gasteiger partial charge on any atom is -0.495 e. The number of benzene rings is 1. The van der Waals surface area contributed by atoms with E-state index in [1.807, 2.05) is 12.1 Å². The standard InChI is InChI=1S/C17H26ClNO2/c1-11(2)12-5-7-13(8-6-12)19-15-10-16(20-3)14(18)9-17(15)21-4/h9-13,19H,5-8H2,1-4H3. The Labute approximate surface area is 133 Å². The zero-order valence-corrected chi connectivity index (χ0v) is 14.2. The SMILES string of the molecule is COc1cc(NC2CCC(C(C)C)CC2)c(OC)cc1Cl. The van der Waals surface area contributed by atoms with E-state index >= 15 is 0 Å². The molecule has 0 aromatic heterocycles. The molecule has 0 bridgehead atoms. The van der Waals surface area contributed by atoms with Crippen LogP contribution in [-0.2, 0) is 0 Å². The van der Waals surface area contributed by atoms with Crippen molar-refractivity contribution < 1.29 is 9.47 Å². The summed E-state index contributed by atoms with van der Waals surface area (Å²) in [7, 11) is 3.30. The molecule has 0 aliphatic heterocycles. The molecule has 1 aromatic rings. The van der Waals surface area contributed by atoms with Gasteiger partial charge in [-0.05, 0) is 37.5 Å². The summed E-state index contributed by atoms with van der Waals surface area (Å²) in [5.41, 5.74) is 0.965. The van der Waals surface area contributed by atoms with Gasteiger partial charge in [0, 0.05) is 18.2 Å². The Morgan fingerprint density at radius 1 is 1.05 bits per heavy atom. The van der Waals surface area contributed by atoms with Crippen molar-refractivity contribution in [1.82, 2.24) is 0 Å². The second-order valence-electron chi connectivity index (χ2n) is 6.19. The van der Waals surface area contributed by atoms with Crippen molar-refractivity contribution in [2.75, 3.05) is 19.5 Å². The van der Waals surface area contributed by atoms with Crippen LogP contribution >= 0.6 is 11.6 Å². The van der Waals surface area contributed by atoms with Gasteiger partial charge in [0.1, 0.15) is 11.5 Å². The van der Waals surface area contributed by atoms with Gasteiger partial charge in [-0.3, -0.25) is 0 Å². The van der Waals surface area contributed by atoms with Crippen LogP contribution in [0.2, 0.25) is 5.02 Å². The number of methoxy groups -OCH3 is 2. The molecule has 0 heterocycles. The fourth-order valence-corrected chi connectivity index (χ4v) is 3.35. The van der Waals surface area contributed by atoms with Crippen molar-refractivity contribution in [3.05, 3.63) is 17.2 Å². The van der Waals surface area contributed by atoms with E-state index < -0.39 is 0 Å². The molecule has 118 valence electrons. The summed E-state index contributed by atoms with van der Waals surface area (Å²) in [5, 5.41) is 4.17. The molecule has 0 saturated heterocycles. The van der Waals surface area contributed by atoms with Crippen molar-refractivity contribution >= 4 is 17.3 Å². The highest BCUT2D eigenvalue weighted by molar-refractivity contribution is 6.32. The first-order valence-electron chi connectivity index (χ1n) is 7.73. The highest BCUT2D eigenvalue weighted by Crippen LogP contribution is 2.38. The second kappa shape index (κ2) is 7.26. The molecule has 1 aromatic carbocycles. The van der Waals surface area contributed by atoms with E-state index in [0.717, 1.165) is 23.3 Å². The summed E-state index contributed by atoms with van der Waals surface area (Å²) < 4.78 is 10.7. The number of anilines is 1. The third kappa shape index (κ3) is 3.97. The number of rotatable bonds is 5.